The Morgan fingerprint density at radius 3 is 2.79 bits per heavy atom. The zero-order valence-electron chi connectivity index (χ0n) is 8.02. The van der Waals surface area contributed by atoms with Crippen LogP contribution in [-0.2, 0) is 0 Å². The quantitative estimate of drug-likeness (QED) is 0.747. The third kappa shape index (κ3) is 2.97. The van der Waals surface area contributed by atoms with Crippen LogP contribution in [0.1, 0.15) is 0 Å². The molecule has 0 fully saturated rings. The molecule has 0 aliphatic carbocycles. The van der Waals surface area contributed by atoms with Crippen LogP contribution in [0.4, 0.5) is 10.1 Å². The fourth-order valence-electron chi connectivity index (χ4n) is 1.19. The molecule has 0 saturated heterocycles. The molecular formula is C10H14FNO2. The van der Waals surface area contributed by atoms with Crippen molar-refractivity contribution >= 4 is 5.69 Å². The van der Waals surface area contributed by atoms with E-state index in [1.54, 1.807) is 24.1 Å². The van der Waals surface area contributed by atoms with Gasteiger partial charge in [0.25, 0.3) is 0 Å². The predicted octanol–water partition coefficient (Wildman–Crippen LogP) is 0.615. The van der Waals surface area contributed by atoms with E-state index in [9.17, 15) is 9.50 Å². The topological polar surface area (TPSA) is 43.7 Å². The summed E-state index contributed by atoms with van der Waals surface area (Å²) in [5.74, 6) is -0.312. The van der Waals surface area contributed by atoms with E-state index in [-0.39, 0.29) is 19.0 Å². The number of likely N-dealkylation sites (N-methyl/N-ethyl adjacent to an activating group) is 1. The van der Waals surface area contributed by atoms with Crippen LogP contribution in [-0.4, -0.2) is 36.5 Å². The summed E-state index contributed by atoms with van der Waals surface area (Å²) in [5, 5.41) is 17.8. The van der Waals surface area contributed by atoms with E-state index >= 15 is 0 Å². The first-order valence-corrected chi connectivity index (χ1v) is 4.39. The zero-order chi connectivity index (χ0) is 10.6. The number of hydrogen-bond acceptors (Lipinski definition) is 3. The lowest BCUT2D eigenvalue weighted by Crippen LogP contribution is -2.31. The number of anilines is 1. The van der Waals surface area contributed by atoms with E-state index in [4.69, 9.17) is 5.11 Å². The highest BCUT2D eigenvalue weighted by Crippen LogP contribution is 2.13. The maximum atomic E-state index is 12.8. The van der Waals surface area contributed by atoms with Gasteiger partial charge in [-0.2, -0.15) is 0 Å². The Bertz CT molecular complexity index is 293. The average Bonchev–Trinajstić information content (AvgIpc) is 2.17. The van der Waals surface area contributed by atoms with Crippen molar-refractivity contribution in [3.05, 3.63) is 30.1 Å². The summed E-state index contributed by atoms with van der Waals surface area (Å²) < 4.78 is 12.8. The van der Waals surface area contributed by atoms with Gasteiger partial charge >= 0.3 is 0 Å². The second-order valence-electron chi connectivity index (χ2n) is 3.20. The third-order valence-corrected chi connectivity index (χ3v) is 1.94. The van der Waals surface area contributed by atoms with Crippen LogP contribution in [0.25, 0.3) is 0 Å². The number of halogens is 1. The number of benzene rings is 1. The number of rotatable bonds is 4. The lowest BCUT2D eigenvalue weighted by Gasteiger charge is -2.21. The molecule has 0 aromatic heterocycles. The summed E-state index contributed by atoms with van der Waals surface area (Å²) in [6.07, 6.45) is -0.803. The molecule has 4 heteroatoms. The van der Waals surface area contributed by atoms with Crippen molar-refractivity contribution in [1.82, 2.24) is 0 Å². The molecule has 0 aliphatic heterocycles. The van der Waals surface area contributed by atoms with Crippen molar-refractivity contribution in [2.75, 3.05) is 25.1 Å². The molecule has 0 amide bonds. The predicted molar refractivity (Wildman–Crippen MR) is 52.8 cm³/mol. The smallest absolute Gasteiger partial charge is 0.125 e. The zero-order valence-corrected chi connectivity index (χ0v) is 8.02. The molecule has 1 atom stereocenters. The molecule has 1 unspecified atom stereocenters. The standard InChI is InChI=1S/C10H14FNO2/c1-12(6-10(14)7-13)9-4-2-3-8(11)5-9/h2-5,10,13-14H,6-7H2,1H3. The minimum Gasteiger partial charge on any atom is -0.394 e. The van der Waals surface area contributed by atoms with E-state index in [0.717, 1.165) is 0 Å². The van der Waals surface area contributed by atoms with Crippen LogP contribution in [0, 0.1) is 5.82 Å². The van der Waals surface area contributed by atoms with Gasteiger partial charge in [0.05, 0.1) is 12.7 Å². The molecular weight excluding hydrogens is 185 g/mol. The van der Waals surface area contributed by atoms with Gasteiger partial charge in [0, 0.05) is 19.3 Å². The Morgan fingerprint density at radius 2 is 2.21 bits per heavy atom. The SMILES string of the molecule is CN(CC(O)CO)c1cccc(F)c1. The van der Waals surface area contributed by atoms with Gasteiger partial charge in [0.1, 0.15) is 5.82 Å². The minimum atomic E-state index is -0.803. The minimum absolute atomic E-state index is 0.278. The summed E-state index contributed by atoms with van der Waals surface area (Å²) >= 11 is 0. The molecule has 0 spiro atoms. The molecule has 0 saturated carbocycles. The summed E-state index contributed by atoms with van der Waals surface area (Å²) in [6.45, 7) is -0.0143. The van der Waals surface area contributed by atoms with Crippen LogP contribution < -0.4 is 4.90 Å². The van der Waals surface area contributed by atoms with Crippen molar-refractivity contribution in [1.29, 1.82) is 0 Å². The van der Waals surface area contributed by atoms with Gasteiger partial charge in [0.15, 0.2) is 0 Å². The van der Waals surface area contributed by atoms with E-state index in [1.807, 2.05) is 0 Å². The number of hydrogen-bond donors (Lipinski definition) is 2. The van der Waals surface area contributed by atoms with Crippen LogP contribution >= 0.6 is 0 Å². The third-order valence-electron chi connectivity index (χ3n) is 1.94. The number of nitrogens with zero attached hydrogens (tertiary/aromatic N) is 1. The van der Waals surface area contributed by atoms with E-state index < -0.39 is 6.10 Å². The number of aliphatic hydroxyl groups is 2. The van der Waals surface area contributed by atoms with Crippen LogP contribution in [0.5, 0.6) is 0 Å². The van der Waals surface area contributed by atoms with Gasteiger partial charge in [-0.15, -0.1) is 0 Å². The first kappa shape index (κ1) is 10.9. The van der Waals surface area contributed by atoms with Crippen molar-refractivity contribution < 1.29 is 14.6 Å². The summed E-state index contributed by atoms with van der Waals surface area (Å²) in [5.41, 5.74) is 0.678. The fourth-order valence-corrected chi connectivity index (χ4v) is 1.19. The summed E-state index contributed by atoms with van der Waals surface area (Å²) in [7, 11) is 1.73. The van der Waals surface area contributed by atoms with Gasteiger partial charge < -0.3 is 15.1 Å². The normalized spacial score (nSPS) is 12.6. The largest absolute Gasteiger partial charge is 0.394 e. The molecule has 78 valence electrons. The van der Waals surface area contributed by atoms with Gasteiger partial charge in [-0.25, -0.2) is 4.39 Å². The van der Waals surface area contributed by atoms with E-state index in [1.165, 1.54) is 12.1 Å². The second-order valence-corrected chi connectivity index (χ2v) is 3.20. The Morgan fingerprint density at radius 1 is 1.50 bits per heavy atom. The van der Waals surface area contributed by atoms with Crippen molar-refractivity contribution in [3.63, 3.8) is 0 Å². The Hall–Kier alpha value is -1.13. The average molecular weight is 199 g/mol. The molecule has 14 heavy (non-hydrogen) atoms. The maximum Gasteiger partial charge on any atom is 0.125 e. The molecule has 0 bridgehead atoms. The van der Waals surface area contributed by atoms with Crippen molar-refractivity contribution in [2.45, 2.75) is 6.10 Å². The Balaban J connectivity index is 2.64. The van der Waals surface area contributed by atoms with E-state index in [2.05, 4.69) is 0 Å². The van der Waals surface area contributed by atoms with Crippen LogP contribution in [0.2, 0.25) is 0 Å². The van der Waals surface area contributed by atoms with Crippen LogP contribution in [0.3, 0.4) is 0 Å². The van der Waals surface area contributed by atoms with Gasteiger partial charge in [0.2, 0.25) is 0 Å². The highest BCUT2D eigenvalue weighted by atomic mass is 19.1. The fraction of sp³-hybridized carbons (Fsp3) is 0.400. The van der Waals surface area contributed by atoms with Crippen molar-refractivity contribution in [3.8, 4) is 0 Å². The van der Waals surface area contributed by atoms with Gasteiger partial charge in [-0.3, -0.25) is 0 Å². The molecule has 0 radical (unpaired) electrons. The molecule has 3 nitrogen and oxygen atoms in total. The van der Waals surface area contributed by atoms with Crippen molar-refractivity contribution in [2.24, 2.45) is 0 Å². The van der Waals surface area contributed by atoms with Gasteiger partial charge in [-0.1, -0.05) is 6.07 Å². The lowest BCUT2D eigenvalue weighted by atomic mass is 10.2. The molecule has 1 aromatic rings. The lowest BCUT2D eigenvalue weighted by molar-refractivity contribution is 0.101. The first-order chi connectivity index (χ1) is 6.63. The molecule has 0 heterocycles. The number of aliphatic hydroxyl groups excluding tert-OH is 2. The summed E-state index contributed by atoms with van der Waals surface area (Å²) in [6, 6.07) is 6.09. The first-order valence-electron chi connectivity index (χ1n) is 4.39. The Labute approximate surface area is 82.4 Å². The molecule has 1 rings (SSSR count). The van der Waals surface area contributed by atoms with Gasteiger partial charge in [-0.05, 0) is 18.2 Å². The maximum absolute atomic E-state index is 12.8. The molecule has 2 N–H and O–H groups in total. The van der Waals surface area contributed by atoms with Crippen LogP contribution in [0.15, 0.2) is 24.3 Å². The highest BCUT2D eigenvalue weighted by Gasteiger charge is 2.07. The molecule has 1 aromatic carbocycles. The summed E-state index contributed by atoms with van der Waals surface area (Å²) in [4.78, 5) is 1.68. The second kappa shape index (κ2) is 4.93. The highest BCUT2D eigenvalue weighted by molar-refractivity contribution is 5.45. The molecule has 0 aliphatic rings. The monoisotopic (exact) mass is 199 g/mol. The Kier molecular flexibility index (Phi) is 3.85. The van der Waals surface area contributed by atoms with E-state index in [0.29, 0.717) is 5.69 Å².